The number of nitrogen functional groups attached to an aromatic ring is 1. The van der Waals surface area contributed by atoms with Crippen molar-refractivity contribution in [2.24, 2.45) is 5.92 Å². The van der Waals surface area contributed by atoms with Crippen LogP contribution in [0.3, 0.4) is 0 Å². The minimum Gasteiger partial charge on any atom is -0.399 e. The van der Waals surface area contributed by atoms with Crippen LogP contribution >= 0.6 is 0 Å². The van der Waals surface area contributed by atoms with E-state index in [1.165, 1.54) is 0 Å². The highest BCUT2D eigenvalue weighted by Crippen LogP contribution is 2.32. The molecule has 1 aromatic carbocycles. The second-order valence-electron chi connectivity index (χ2n) is 5.31. The van der Waals surface area contributed by atoms with Crippen LogP contribution in [0.15, 0.2) is 18.2 Å². The van der Waals surface area contributed by atoms with E-state index in [9.17, 15) is 5.11 Å². The van der Waals surface area contributed by atoms with Crippen molar-refractivity contribution in [2.75, 3.05) is 24.3 Å². The second kappa shape index (κ2) is 4.78. The fraction of sp³-hybridized carbons (Fsp3) is 0.571. The molecule has 0 bridgehead atoms. The average molecular weight is 248 g/mol. The van der Waals surface area contributed by atoms with Crippen molar-refractivity contribution in [2.45, 2.75) is 31.4 Å². The molecule has 0 saturated carbocycles. The molecule has 4 heteroatoms. The molecule has 2 unspecified atom stereocenters. The largest absolute Gasteiger partial charge is 0.399 e. The predicted octanol–water partition coefficient (Wildman–Crippen LogP) is 1.39. The van der Waals surface area contributed by atoms with E-state index in [1.807, 2.05) is 18.2 Å². The molecule has 98 valence electrons. The van der Waals surface area contributed by atoms with E-state index >= 15 is 0 Å². The lowest BCUT2D eigenvalue weighted by Gasteiger charge is -2.38. The number of hydrogen-bond acceptors (Lipinski definition) is 4. The van der Waals surface area contributed by atoms with Crippen molar-refractivity contribution in [3.8, 4) is 0 Å². The Balaban J connectivity index is 1.80. The molecular weight excluding hydrogens is 228 g/mol. The van der Waals surface area contributed by atoms with E-state index in [-0.39, 0.29) is 12.1 Å². The summed E-state index contributed by atoms with van der Waals surface area (Å²) in [6.45, 7) is 1.62. The van der Waals surface area contributed by atoms with Crippen LogP contribution in [0.1, 0.15) is 18.4 Å². The molecule has 2 aliphatic heterocycles. The monoisotopic (exact) mass is 248 g/mol. The van der Waals surface area contributed by atoms with Crippen molar-refractivity contribution < 1.29 is 9.84 Å². The molecule has 4 nitrogen and oxygen atoms in total. The van der Waals surface area contributed by atoms with Crippen LogP contribution in [-0.4, -0.2) is 30.5 Å². The van der Waals surface area contributed by atoms with Gasteiger partial charge in [0, 0.05) is 31.0 Å². The molecule has 18 heavy (non-hydrogen) atoms. The quantitative estimate of drug-likeness (QED) is 0.657. The van der Waals surface area contributed by atoms with Crippen molar-refractivity contribution in [3.05, 3.63) is 23.8 Å². The summed E-state index contributed by atoms with van der Waals surface area (Å²) in [5.74, 6) is 0.499. The van der Waals surface area contributed by atoms with Gasteiger partial charge in [0.1, 0.15) is 0 Å². The molecule has 0 amide bonds. The molecule has 2 heterocycles. The van der Waals surface area contributed by atoms with Gasteiger partial charge in [-0.15, -0.1) is 0 Å². The van der Waals surface area contributed by atoms with E-state index < -0.39 is 0 Å². The summed E-state index contributed by atoms with van der Waals surface area (Å²) in [5.41, 5.74) is 8.77. The summed E-state index contributed by atoms with van der Waals surface area (Å²) in [7, 11) is 0. The van der Waals surface area contributed by atoms with Crippen molar-refractivity contribution in [1.29, 1.82) is 0 Å². The minimum atomic E-state index is -0.331. The number of benzene rings is 1. The summed E-state index contributed by atoms with van der Waals surface area (Å²) in [6, 6.07) is 6.02. The Morgan fingerprint density at radius 1 is 1.28 bits per heavy atom. The summed E-state index contributed by atoms with van der Waals surface area (Å²) in [5, 5.41) is 13.8. The lowest BCUT2D eigenvalue weighted by atomic mass is 9.83. The lowest BCUT2D eigenvalue weighted by Crippen LogP contribution is -2.46. The second-order valence-corrected chi connectivity index (χ2v) is 5.31. The van der Waals surface area contributed by atoms with Crippen molar-refractivity contribution >= 4 is 11.4 Å². The number of aliphatic hydroxyl groups is 1. The Morgan fingerprint density at radius 3 is 2.83 bits per heavy atom. The number of anilines is 2. The van der Waals surface area contributed by atoms with Gasteiger partial charge in [-0.05, 0) is 42.5 Å². The SMILES string of the molecule is Nc1ccc2c(c1)CC(O)C(C1CCOCC1)N2. The van der Waals surface area contributed by atoms with Gasteiger partial charge in [-0.3, -0.25) is 0 Å². The maximum absolute atomic E-state index is 10.3. The number of rotatable bonds is 1. The third kappa shape index (κ3) is 2.18. The number of aliphatic hydroxyl groups excluding tert-OH is 1. The number of ether oxygens (including phenoxy) is 1. The summed E-state index contributed by atoms with van der Waals surface area (Å²) < 4.78 is 5.39. The maximum Gasteiger partial charge on any atom is 0.0784 e. The first-order valence-electron chi connectivity index (χ1n) is 6.65. The molecule has 3 rings (SSSR count). The smallest absolute Gasteiger partial charge is 0.0784 e. The van der Waals surface area contributed by atoms with E-state index in [0.717, 1.165) is 43.0 Å². The fourth-order valence-corrected chi connectivity index (χ4v) is 3.06. The van der Waals surface area contributed by atoms with Crippen molar-refractivity contribution in [3.63, 3.8) is 0 Å². The molecule has 1 aromatic rings. The molecule has 0 spiro atoms. The van der Waals surface area contributed by atoms with Gasteiger partial charge in [0.05, 0.1) is 12.1 Å². The van der Waals surface area contributed by atoms with E-state index in [1.54, 1.807) is 0 Å². The Hall–Kier alpha value is -1.26. The van der Waals surface area contributed by atoms with Crippen LogP contribution in [0.5, 0.6) is 0 Å². The first-order valence-corrected chi connectivity index (χ1v) is 6.65. The normalized spacial score (nSPS) is 28.5. The van der Waals surface area contributed by atoms with Gasteiger partial charge in [0.15, 0.2) is 0 Å². The Labute approximate surface area is 107 Å². The Bertz CT molecular complexity index is 430. The van der Waals surface area contributed by atoms with Crippen LogP contribution < -0.4 is 11.1 Å². The summed E-state index contributed by atoms with van der Waals surface area (Å²) in [4.78, 5) is 0. The zero-order valence-electron chi connectivity index (χ0n) is 10.4. The lowest BCUT2D eigenvalue weighted by molar-refractivity contribution is 0.0348. The standard InChI is InChI=1S/C14H20N2O2/c15-11-1-2-12-10(7-11)8-13(17)14(16-12)9-3-5-18-6-4-9/h1-2,7,9,13-14,16-17H,3-6,8,15H2. The van der Waals surface area contributed by atoms with Crippen LogP contribution in [0.25, 0.3) is 0 Å². The van der Waals surface area contributed by atoms with Gasteiger partial charge in [0.25, 0.3) is 0 Å². The van der Waals surface area contributed by atoms with Gasteiger partial charge < -0.3 is 20.9 Å². The molecule has 4 N–H and O–H groups in total. The molecule has 1 fully saturated rings. The summed E-state index contributed by atoms with van der Waals surface area (Å²) in [6.07, 6.45) is 2.41. The van der Waals surface area contributed by atoms with Crippen LogP contribution in [0.4, 0.5) is 11.4 Å². The predicted molar refractivity (Wildman–Crippen MR) is 71.5 cm³/mol. The molecule has 2 aliphatic rings. The molecule has 0 aromatic heterocycles. The van der Waals surface area contributed by atoms with Gasteiger partial charge >= 0.3 is 0 Å². The molecule has 2 atom stereocenters. The van der Waals surface area contributed by atoms with Gasteiger partial charge in [0.2, 0.25) is 0 Å². The molecule has 1 saturated heterocycles. The van der Waals surface area contributed by atoms with Gasteiger partial charge in [-0.1, -0.05) is 0 Å². The molecule has 0 radical (unpaired) electrons. The highest BCUT2D eigenvalue weighted by molar-refractivity contribution is 5.60. The molecular formula is C14H20N2O2. The number of nitrogens with two attached hydrogens (primary N) is 1. The molecule has 0 aliphatic carbocycles. The Morgan fingerprint density at radius 2 is 2.06 bits per heavy atom. The maximum atomic E-state index is 10.3. The highest BCUT2D eigenvalue weighted by atomic mass is 16.5. The zero-order valence-corrected chi connectivity index (χ0v) is 10.4. The number of nitrogens with one attached hydrogen (secondary N) is 1. The number of hydrogen-bond donors (Lipinski definition) is 3. The first kappa shape index (κ1) is 11.8. The average Bonchev–Trinajstić information content (AvgIpc) is 2.39. The van der Waals surface area contributed by atoms with Crippen molar-refractivity contribution in [1.82, 2.24) is 0 Å². The van der Waals surface area contributed by atoms with E-state index in [0.29, 0.717) is 12.3 Å². The summed E-state index contributed by atoms with van der Waals surface area (Å²) >= 11 is 0. The van der Waals surface area contributed by atoms with E-state index in [4.69, 9.17) is 10.5 Å². The third-order valence-corrected chi connectivity index (χ3v) is 4.07. The van der Waals surface area contributed by atoms with Crippen LogP contribution in [0.2, 0.25) is 0 Å². The van der Waals surface area contributed by atoms with E-state index in [2.05, 4.69) is 5.32 Å². The third-order valence-electron chi connectivity index (χ3n) is 4.07. The topological polar surface area (TPSA) is 67.5 Å². The Kier molecular flexibility index (Phi) is 3.14. The highest BCUT2D eigenvalue weighted by Gasteiger charge is 2.33. The fourth-order valence-electron chi connectivity index (χ4n) is 3.06. The van der Waals surface area contributed by atoms with Gasteiger partial charge in [-0.2, -0.15) is 0 Å². The zero-order chi connectivity index (χ0) is 12.5. The van der Waals surface area contributed by atoms with Gasteiger partial charge in [-0.25, -0.2) is 0 Å². The first-order chi connectivity index (χ1) is 8.74. The van der Waals surface area contributed by atoms with Crippen LogP contribution in [0, 0.1) is 5.92 Å². The van der Waals surface area contributed by atoms with Crippen LogP contribution in [-0.2, 0) is 11.2 Å². The minimum absolute atomic E-state index is 0.144. The number of fused-ring (bicyclic) bond motifs is 1.